The first-order valence-electron chi connectivity index (χ1n) is 8.00. The molecular weight excluding hydrogens is 280 g/mol. The molecule has 6 nitrogen and oxygen atoms in total. The number of aliphatic hydroxyl groups excluding tert-OH is 1. The van der Waals surface area contributed by atoms with Crippen LogP contribution < -0.4 is 15.5 Å². The number of urea groups is 1. The van der Waals surface area contributed by atoms with Gasteiger partial charge in [-0.15, -0.1) is 0 Å². The van der Waals surface area contributed by atoms with Crippen molar-refractivity contribution in [3.8, 4) is 0 Å². The SMILES string of the molecule is CC(CCO)CNC(=O)NC1CCN(c2ccccn2)CC1. The molecular formula is C16H26N4O2. The van der Waals surface area contributed by atoms with Gasteiger partial charge in [0.1, 0.15) is 5.82 Å². The Morgan fingerprint density at radius 2 is 2.23 bits per heavy atom. The average molecular weight is 306 g/mol. The summed E-state index contributed by atoms with van der Waals surface area (Å²) in [6.07, 6.45) is 4.37. The highest BCUT2D eigenvalue weighted by molar-refractivity contribution is 5.74. The first-order chi connectivity index (χ1) is 10.7. The van der Waals surface area contributed by atoms with E-state index in [1.54, 1.807) is 6.20 Å². The zero-order chi connectivity index (χ0) is 15.8. The van der Waals surface area contributed by atoms with Crippen molar-refractivity contribution in [1.82, 2.24) is 15.6 Å². The van der Waals surface area contributed by atoms with Crippen molar-refractivity contribution >= 4 is 11.8 Å². The van der Waals surface area contributed by atoms with E-state index in [2.05, 4.69) is 20.5 Å². The van der Waals surface area contributed by atoms with Crippen LogP contribution >= 0.6 is 0 Å². The minimum Gasteiger partial charge on any atom is -0.396 e. The monoisotopic (exact) mass is 306 g/mol. The zero-order valence-electron chi connectivity index (χ0n) is 13.2. The molecule has 2 heterocycles. The molecule has 2 amide bonds. The quantitative estimate of drug-likeness (QED) is 0.742. The van der Waals surface area contributed by atoms with E-state index >= 15 is 0 Å². The number of rotatable bonds is 6. The van der Waals surface area contributed by atoms with Crippen LogP contribution in [0.5, 0.6) is 0 Å². The second-order valence-electron chi connectivity index (χ2n) is 5.92. The Bertz CT molecular complexity index is 447. The summed E-state index contributed by atoms with van der Waals surface area (Å²) in [5.41, 5.74) is 0. The number of hydrogen-bond acceptors (Lipinski definition) is 4. The predicted molar refractivity (Wildman–Crippen MR) is 86.9 cm³/mol. The van der Waals surface area contributed by atoms with Crippen LogP contribution in [0, 0.1) is 5.92 Å². The lowest BCUT2D eigenvalue weighted by atomic mass is 10.1. The molecule has 0 radical (unpaired) electrons. The number of aromatic nitrogens is 1. The lowest BCUT2D eigenvalue weighted by Crippen LogP contribution is -2.48. The maximum absolute atomic E-state index is 11.9. The van der Waals surface area contributed by atoms with Crippen molar-refractivity contribution in [1.29, 1.82) is 0 Å². The molecule has 0 aliphatic carbocycles. The molecule has 0 aromatic carbocycles. The van der Waals surface area contributed by atoms with E-state index < -0.39 is 0 Å². The summed E-state index contributed by atoms with van der Waals surface area (Å²) in [4.78, 5) is 18.5. The van der Waals surface area contributed by atoms with Crippen molar-refractivity contribution in [3.05, 3.63) is 24.4 Å². The zero-order valence-corrected chi connectivity index (χ0v) is 13.2. The number of pyridine rings is 1. The highest BCUT2D eigenvalue weighted by atomic mass is 16.3. The third-order valence-electron chi connectivity index (χ3n) is 4.04. The van der Waals surface area contributed by atoms with Crippen molar-refractivity contribution < 1.29 is 9.90 Å². The molecule has 1 aromatic heterocycles. The summed E-state index contributed by atoms with van der Waals surface area (Å²) >= 11 is 0. The van der Waals surface area contributed by atoms with Crippen molar-refractivity contribution in [2.75, 3.05) is 31.1 Å². The molecule has 1 unspecified atom stereocenters. The Hall–Kier alpha value is -1.82. The van der Waals surface area contributed by atoms with E-state index in [0.717, 1.165) is 31.7 Å². The summed E-state index contributed by atoms with van der Waals surface area (Å²) in [7, 11) is 0. The minimum atomic E-state index is -0.110. The Balaban J connectivity index is 1.68. The minimum absolute atomic E-state index is 0.110. The van der Waals surface area contributed by atoms with Gasteiger partial charge in [-0.2, -0.15) is 0 Å². The molecule has 1 aromatic rings. The number of carbonyl (C=O) groups is 1. The molecule has 6 heteroatoms. The maximum Gasteiger partial charge on any atom is 0.315 e. The van der Waals surface area contributed by atoms with Gasteiger partial charge < -0.3 is 20.6 Å². The fraction of sp³-hybridized carbons (Fsp3) is 0.625. The number of nitrogens with one attached hydrogen (secondary N) is 2. The van der Waals surface area contributed by atoms with Crippen molar-refractivity contribution in [2.45, 2.75) is 32.2 Å². The molecule has 1 fully saturated rings. The number of amides is 2. The molecule has 0 bridgehead atoms. The van der Waals surface area contributed by atoms with Gasteiger partial charge in [0, 0.05) is 38.5 Å². The summed E-state index contributed by atoms with van der Waals surface area (Å²) in [5.74, 6) is 1.30. The summed E-state index contributed by atoms with van der Waals surface area (Å²) < 4.78 is 0. The average Bonchev–Trinajstić information content (AvgIpc) is 2.55. The molecule has 1 atom stereocenters. The number of aliphatic hydroxyl groups is 1. The first kappa shape index (κ1) is 16.5. The molecule has 122 valence electrons. The van der Waals surface area contributed by atoms with Gasteiger partial charge in [-0.1, -0.05) is 13.0 Å². The van der Waals surface area contributed by atoms with Crippen LogP contribution in [-0.4, -0.2) is 48.4 Å². The van der Waals surface area contributed by atoms with Crippen LogP contribution in [-0.2, 0) is 0 Å². The molecule has 1 aliphatic rings. The summed E-state index contributed by atoms with van der Waals surface area (Å²) in [6, 6.07) is 6.03. The fourth-order valence-electron chi connectivity index (χ4n) is 2.62. The van der Waals surface area contributed by atoms with Gasteiger partial charge in [0.25, 0.3) is 0 Å². The Labute approximate surface area is 131 Å². The summed E-state index contributed by atoms with van der Waals surface area (Å²) in [6.45, 7) is 4.59. The van der Waals surface area contributed by atoms with Gasteiger partial charge in [0.15, 0.2) is 0 Å². The fourth-order valence-corrected chi connectivity index (χ4v) is 2.62. The number of anilines is 1. The maximum atomic E-state index is 11.9. The number of carbonyl (C=O) groups excluding carboxylic acids is 1. The predicted octanol–water partition coefficient (Wildman–Crippen LogP) is 1.37. The molecule has 1 aliphatic heterocycles. The van der Waals surface area contributed by atoms with Crippen molar-refractivity contribution in [3.63, 3.8) is 0 Å². The van der Waals surface area contributed by atoms with Gasteiger partial charge in [-0.3, -0.25) is 0 Å². The third kappa shape index (κ3) is 5.18. The van der Waals surface area contributed by atoms with E-state index in [1.807, 2.05) is 25.1 Å². The van der Waals surface area contributed by atoms with E-state index in [1.165, 1.54) is 0 Å². The number of nitrogens with zero attached hydrogens (tertiary/aromatic N) is 2. The molecule has 1 saturated heterocycles. The second-order valence-corrected chi connectivity index (χ2v) is 5.92. The summed E-state index contributed by atoms with van der Waals surface area (Å²) in [5, 5.41) is 14.7. The lowest BCUT2D eigenvalue weighted by molar-refractivity contribution is 0.228. The Morgan fingerprint density at radius 3 is 2.86 bits per heavy atom. The van der Waals surface area contributed by atoms with E-state index in [-0.39, 0.29) is 18.7 Å². The van der Waals surface area contributed by atoms with Crippen LogP contribution in [0.15, 0.2) is 24.4 Å². The highest BCUT2D eigenvalue weighted by Crippen LogP contribution is 2.17. The van der Waals surface area contributed by atoms with Crippen LogP contribution in [0.4, 0.5) is 10.6 Å². The molecule has 3 N–H and O–H groups in total. The first-order valence-corrected chi connectivity index (χ1v) is 8.00. The Kier molecular flexibility index (Phi) is 6.45. The molecule has 2 rings (SSSR count). The van der Waals surface area contributed by atoms with Gasteiger partial charge in [-0.05, 0) is 37.3 Å². The largest absolute Gasteiger partial charge is 0.396 e. The number of piperidine rings is 1. The van der Waals surface area contributed by atoms with Crippen LogP contribution in [0.1, 0.15) is 26.2 Å². The normalized spacial score (nSPS) is 17.1. The van der Waals surface area contributed by atoms with Gasteiger partial charge in [-0.25, -0.2) is 9.78 Å². The highest BCUT2D eigenvalue weighted by Gasteiger charge is 2.21. The van der Waals surface area contributed by atoms with E-state index in [4.69, 9.17) is 5.11 Å². The molecule has 0 spiro atoms. The van der Waals surface area contributed by atoms with Crippen LogP contribution in [0.25, 0.3) is 0 Å². The molecule has 0 saturated carbocycles. The molecule has 22 heavy (non-hydrogen) atoms. The Morgan fingerprint density at radius 1 is 1.45 bits per heavy atom. The third-order valence-corrected chi connectivity index (χ3v) is 4.04. The number of hydrogen-bond donors (Lipinski definition) is 3. The van der Waals surface area contributed by atoms with Crippen LogP contribution in [0.2, 0.25) is 0 Å². The van der Waals surface area contributed by atoms with Crippen LogP contribution in [0.3, 0.4) is 0 Å². The van der Waals surface area contributed by atoms with Gasteiger partial charge >= 0.3 is 6.03 Å². The standard InChI is InChI=1S/C16H26N4O2/c1-13(7-11-21)12-18-16(22)19-14-5-9-20(10-6-14)15-4-2-3-8-17-15/h2-4,8,13-14,21H,5-7,9-12H2,1H3,(H2,18,19,22). The van der Waals surface area contributed by atoms with Gasteiger partial charge in [0.05, 0.1) is 0 Å². The van der Waals surface area contributed by atoms with E-state index in [9.17, 15) is 4.79 Å². The topological polar surface area (TPSA) is 77.5 Å². The second kappa shape index (κ2) is 8.58. The smallest absolute Gasteiger partial charge is 0.315 e. The van der Waals surface area contributed by atoms with Gasteiger partial charge in [0.2, 0.25) is 0 Å². The van der Waals surface area contributed by atoms with E-state index in [0.29, 0.717) is 18.9 Å². The van der Waals surface area contributed by atoms with Crippen molar-refractivity contribution in [2.24, 2.45) is 5.92 Å². The lowest BCUT2D eigenvalue weighted by Gasteiger charge is -2.33.